The van der Waals surface area contributed by atoms with Gasteiger partial charge in [-0.15, -0.1) is 0 Å². The van der Waals surface area contributed by atoms with Crippen molar-refractivity contribution in [1.82, 2.24) is 0 Å². The third kappa shape index (κ3) is 1.84. The molecule has 18 heavy (non-hydrogen) atoms. The summed E-state index contributed by atoms with van der Waals surface area (Å²) < 4.78 is 0. The van der Waals surface area contributed by atoms with Crippen molar-refractivity contribution in [3.05, 3.63) is 47.7 Å². The minimum absolute atomic E-state index is 0.0475. The lowest BCUT2D eigenvalue weighted by molar-refractivity contribution is -0.142. The number of phenolic OH excluding ortho intramolecular Hbond substituents is 1. The summed E-state index contributed by atoms with van der Waals surface area (Å²) in [6.45, 7) is 0. The number of hydrogen-bond acceptors (Lipinski definition) is 4. The van der Waals surface area contributed by atoms with Crippen LogP contribution in [0.4, 0.5) is 0 Å². The summed E-state index contributed by atoms with van der Waals surface area (Å²) in [4.78, 5) is 11.1. The molecule has 0 saturated carbocycles. The molecular formula is C13H13NO4. The van der Waals surface area contributed by atoms with E-state index in [2.05, 4.69) is 0 Å². The average molecular weight is 247 g/mol. The van der Waals surface area contributed by atoms with Crippen LogP contribution in [0, 0.1) is 0 Å². The molecule has 1 aliphatic rings. The normalized spacial score (nSPS) is 23.2. The number of benzene rings is 1. The molecule has 0 aromatic heterocycles. The van der Waals surface area contributed by atoms with E-state index in [-0.39, 0.29) is 12.2 Å². The Morgan fingerprint density at radius 2 is 1.89 bits per heavy atom. The van der Waals surface area contributed by atoms with E-state index in [1.807, 2.05) is 0 Å². The first-order valence-corrected chi connectivity index (χ1v) is 5.36. The summed E-state index contributed by atoms with van der Waals surface area (Å²) in [5.41, 5.74) is 4.92. The summed E-state index contributed by atoms with van der Waals surface area (Å²) in [6, 6.07) is 6.57. The Morgan fingerprint density at radius 3 is 2.50 bits per heavy atom. The van der Waals surface area contributed by atoms with E-state index in [0.29, 0.717) is 11.1 Å². The number of aliphatic carboxylic acids is 1. The zero-order chi connectivity index (χ0) is 13.3. The van der Waals surface area contributed by atoms with Crippen LogP contribution in [0.5, 0.6) is 5.75 Å². The van der Waals surface area contributed by atoms with Crippen LogP contribution in [0.25, 0.3) is 5.57 Å². The van der Waals surface area contributed by atoms with Gasteiger partial charge in [0, 0.05) is 12.0 Å². The SMILES string of the molecule is NC1(C(=O)O)CC(c2ccccc2O)=CC=C1O. The van der Waals surface area contributed by atoms with E-state index in [1.165, 1.54) is 12.1 Å². The monoisotopic (exact) mass is 247 g/mol. The van der Waals surface area contributed by atoms with Crippen LogP contribution in [-0.4, -0.2) is 26.8 Å². The highest BCUT2D eigenvalue weighted by Gasteiger charge is 2.41. The van der Waals surface area contributed by atoms with Gasteiger partial charge in [0.25, 0.3) is 0 Å². The lowest BCUT2D eigenvalue weighted by Gasteiger charge is -2.28. The largest absolute Gasteiger partial charge is 0.510 e. The van der Waals surface area contributed by atoms with Gasteiger partial charge < -0.3 is 21.1 Å². The Labute approximate surface area is 103 Å². The first-order chi connectivity index (χ1) is 8.45. The highest BCUT2D eigenvalue weighted by molar-refractivity contribution is 5.88. The zero-order valence-electron chi connectivity index (χ0n) is 9.50. The summed E-state index contributed by atoms with van der Waals surface area (Å²) in [5, 5.41) is 28.4. The van der Waals surface area contributed by atoms with Crippen molar-refractivity contribution in [3.63, 3.8) is 0 Å². The van der Waals surface area contributed by atoms with Gasteiger partial charge in [-0.1, -0.05) is 24.3 Å². The molecule has 1 unspecified atom stereocenters. The molecule has 0 bridgehead atoms. The van der Waals surface area contributed by atoms with Gasteiger partial charge in [-0.05, 0) is 17.7 Å². The van der Waals surface area contributed by atoms with Crippen LogP contribution in [0.1, 0.15) is 12.0 Å². The van der Waals surface area contributed by atoms with E-state index in [1.54, 1.807) is 24.3 Å². The predicted molar refractivity (Wildman–Crippen MR) is 66.0 cm³/mol. The van der Waals surface area contributed by atoms with Crippen molar-refractivity contribution in [1.29, 1.82) is 0 Å². The minimum atomic E-state index is -1.84. The molecule has 1 aromatic carbocycles. The molecule has 1 aliphatic carbocycles. The fraction of sp³-hybridized carbons (Fsp3) is 0.154. The molecule has 2 rings (SSSR count). The topological polar surface area (TPSA) is 104 Å². The number of aliphatic hydroxyl groups is 1. The minimum Gasteiger partial charge on any atom is -0.510 e. The number of phenols is 1. The average Bonchev–Trinajstić information content (AvgIpc) is 2.33. The molecule has 1 atom stereocenters. The van der Waals surface area contributed by atoms with Crippen LogP contribution in [0.2, 0.25) is 0 Å². The third-order valence-corrected chi connectivity index (χ3v) is 3.00. The molecule has 0 radical (unpaired) electrons. The quantitative estimate of drug-likeness (QED) is 0.632. The molecule has 5 heteroatoms. The number of aliphatic hydroxyl groups excluding tert-OH is 1. The zero-order valence-corrected chi connectivity index (χ0v) is 9.50. The van der Waals surface area contributed by atoms with Gasteiger partial charge in [0.05, 0.1) is 0 Å². The smallest absolute Gasteiger partial charge is 0.331 e. The van der Waals surface area contributed by atoms with Gasteiger partial charge in [-0.25, -0.2) is 4.79 Å². The molecule has 0 saturated heterocycles. The van der Waals surface area contributed by atoms with Gasteiger partial charge in [0.2, 0.25) is 0 Å². The van der Waals surface area contributed by atoms with Gasteiger partial charge in [-0.3, -0.25) is 0 Å². The Bertz CT molecular complexity index is 562. The number of aromatic hydroxyl groups is 1. The molecule has 0 amide bonds. The van der Waals surface area contributed by atoms with Crippen LogP contribution >= 0.6 is 0 Å². The third-order valence-electron chi connectivity index (χ3n) is 3.00. The van der Waals surface area contributed by atoms with Crippen molar-refractivity contribution in [2.45, 2.75) is 12.0 Å². The molecule has 0 heterocycles. The predicted octanol–water partition coefficient (Wildman–Crippen LogP) is 1.40. The van der Waals surface area contributed by atoms with Crippen LogP contribution in [-0.2, 0) is 4.79 Å². The molecule has 0 aliphatic heterocycles. The fourth-order valence-electron chi connectivity index (χ4n) is 1.89. The number of carbonyl (C=O) groups is 1. The maximum Gasteiger partial charge on any atom is 0.331 e. The van der Waals surface area contributed by atoms with Crippen molar-refractivity contribution in [2.75, 3.05) is 0 Å². The van der Waals surface area contributed by atoms with E-state index in [9.17, 15) is 15.0 Å². The van der Waals surface area contributed by atoms with Gasteiger partial charge in [-0.2, -0.15) is 0 Å². The Kier molecular flexibility index (Phi) is 2.84. The van der Waals surface area contributed by atoms with Crippen LogP contribution in [0.15, 0.2) is 42.2 Å². The van der Waals surface area contributed by atoms with E-state index < -0.39 is 17.3 Å². The van der Waals surface area contributed by atoms with Crippen molar-refractivity contribution >= 4 is 11.5 Å². The van der Waals surface area contributed by atoms with E-state index >= 15 is 0 Å². The number of rotatable bonds is 2. The Balaban J connectivity index is 2.45. The summed E-state index contributed by atoms with van der Waals surface area (Å²) in [6.07, 6.45) is 2.72. The van der Waals surface area contributed by atoms with Gasteiger partial charge in [0.1, 0.15) is 11.5 Å². The number of hydrogen-bond donors (Lipinski definition) is 4. The molecular weight excluding hydrogens is 234 g/mol. The second-order valence-electron chi connectivity index (χ2n) is 4.21. The Hall–Kier alpha value is -2.27. The summed E-state index contributed by atoms with van der Waals surface area (Å²) in [7, 11) is 0. The number of allylic oxidation sites excluding steroid dienone is 2. The van der Waals surface area contributed by atoms with Crippen LogP contribution < -0.4 is 5.73 Å². The highest BCUT2D eigenvalue weighted by Crippen LogP contribution is 2.35. The number of para-hydroxylation sites is 1. The molecule has 0 spiro atoms. The maximum absolute atomic E-state index is 11.1. The summed E-state index contributed by atoms with van der Waals surface area (Å²) >= 11 is 0. The van der Waals surface area contributed by atoms with Gasteiger partial charge in [0.15, 0.2) is 5.54 Å². The van der Waals surface area contributed by atoms with Crippen molar-refractivity contribution in [3.8, 4) is 5.75 Å². The molecule has 5 nitrogen and oxygen atoms in total. The number of nitrogens with two attached hydrogens (primary N) is 1. The first-order valence-electron chi connectivity index (χ1n) is 5.36. The molecule has 5 N–H and O–H groups in total. The molecule has 1 aromatic rings. The highest BCUT2D eigenvalue weighted by atomic mass is 16.4. The van der Waals surface area contributed by atoms with E-state index in [4.69, 9.17) is 10.8 Å². The lowest BCUT2D eigenvalue weighted by atomic mass is 9.83. The van der Waals surface area contributed by atoms with Gasteiger partial charge >= 0.3 is 5.97 Å². The number of carboxylic acid groups (broad SMARTS) is 1. The van der Waals surface area contributed by atoms with Crippen molar-refractivity contribution < 1.29 is 20.1 Å². The molecule has 0 fully saturated rings. The van der Waals surface area contributed by atoms with Crippen molar-refractivity contribution in [2.24, 2.45) is 5.73 Å². The number of carboxylic acids is 1. The first kappa shape index (κ1) is 12.2. The van der Waals surface area contributed by atoms with Crippen LogP contribution in [0.3, 0.4) is 0 Å². The lowest BCUT2D eigenvalue weighted by Crippen LogP contribution is -2.50. The summed E-state index contributed by atoms with van der Waals surface area (Å²) in [5.74, 6) is -1.65. The fourth-order valence-corrected chi connectivity index (χ4v) is 1.89. The van der Waals surface area contributed by atoms with E-state index in [0.717, 1.165) is 0 Å². The standard InChI is InChI=1S/C13H13NO4/c14-13(12(17)18)7-8(5-6-11(13)16)9-3-1-2-4-10(9)15/h1-6,15-16H,7,14H2,(H,17,18). The molecule has 94 valence electrons. The maximum atomic E-state index is 11.1. The Morgan fingerprint density at radius 1 is 1.22 bits per heavy atom. The second-order valence-corrected chi connectivity index (χ2v) is 4.21. The second kappa shape index (κ2) is 4.19.